The normalized spacial score (nSPS) is 10.6. The first-order valence-corrected chi connectivity index (χ1v) is 9.52. The summed E-state index contributed by atoms with van der Waals surface area (Å²) in [5.74, 6) is -3.37. The summed E-state index contributed by atoms with van der Waals surface area (Å²) in [6.45, 7) is 5.21. The van der Waals surface area contributed by atoms with Crippen LogP contribution in [0.2, 0.25) is 0 Å². The van der Waals surface area contributed by atoms with Crippen molar-refractivity contribution in [3.63, 3.8) is 0 Å². The third-order valence-corrected chi connectivity index (χ3v) is 4.10. The fourth-order valence-corrected chi connectivity index (χ4v) is 2.77. The summed E-state index contributed by atoms with van der Waals surface area (Å²) in [6, 6.07) is 9.70. The van der Waals surface area contributed by atoms with E-state index in [-0.39, 0.29) is 31.1 Å². The molecule has 0 aromatic heterocycles. The second-order valence-corrected chi connectivity index (χ2v) is 7.43. The Morgan fingerprint density at radius 2 is 1.57 bits per heavy atom. The molecule has 0 saturated heterocycles. The van der Waals surface area contributed by atoms with Crippen LogP contribution in [-0.2, 0) is 9.59 Å². The van der Waals surface area contributed by atoms with E-state index in [0.29, 0.717) is 11.8 Å². The molecular formula is C22H25F2N3O3. The Bertz CT molecular complexity index is 894. The molecule has 0 atom stereocenters. The third-order valence-electron chi connectivity index (χ3n) is 4.10. The molecule has 160 valence electrons. The second-order valence-electron chi connectivity index (χ2n) is 7.43. The highest BCUT2D eigenvalue weighted by molar-refractivity contribution is 5.98. The summed E-state index contributed by atoms with van der Waals surface area (Å²) < 4.78 is 26.9. The maximum Gasteiger partial charge on any atom is 0.254 e. The fourth-order valence-electron chi connectivity index (χ4n) is 2.77. The van der Waals surface area contributed by atoms with Gasteiger partial charge in [-0.05, 0) is 37.1 Å². The first-order chi connectivity index (χ1) is 14.1. The van der Waals surface area contributed by atoms with Crippen LogP contribution < -0.4 is 10.6 Å². The Morgan fingerprint density at radius 3 is 2.13 bits per heavy atom. The summed E-state index contributed by atoms with van der Waals surface area (Å²) >= 11 is 0. The van der Waals surface area contributed by atoms with Gasteiger partial charge in [-0.15, -0.1) is 0 Å². The Morgan fingerprint density at radius 1 is 0.967 bits per heavy atom. The quantitative estimate of drug-likeness (QED) is 0.693. The smallest absolute Gasteiger partial charge is 0.254 e. The van der Waals surface area contributed by atoms with E-state index in [4.69, 9.17) is 0 Å². The molecule has 30 heavy (non-hydrogen) atoms. The summed E-state index contributed by atoms with van der Waals surface area (Å²) in [5.41, 5.74) is 1.47. The third kappa shape index (κ3) is 7.27. The summed E-state index contributed by atoms with van der Waals surface area (Å²) in [4.78, 5) is 38.1. The van der Waals surface area contributed by atoms with Gasteiger partial charge in [0.2, 0.25) is 11.8 Å². The van der Waals surface area contributed by atoms with E-state index in [1.54, 1.807) is 12.1 Å². The number of halogens is 2. The number of amides is 3. The van der Waals surface area contributed by atoms with E-state index >= 15 is 0 Å². The zero-order valence-electron chi connectivity index (χ0n) is 17.2. The van der Waals surface area contributed by atoms with Gasteiger partial charge < -0.3 is 15.5 Å². The molecule has 6 nitrogen and oxygen atoms in total. The number of rotatable bonds is 8. The lowest BCUT2D eigenvalue weighted by Gasteiger charge is -2.24. The zero-order chi connectivity index (χ0) is 22.3. The number of hydrogen-bond donors (Lipinski definition) is 2. The van der Waals surface area contributed by atoms with Crippen LogP contribution in [0, 0.1) is 24.5 Å². The lowest BCUT2D eigenvalue weighted by molar-refractivity contribution is -0.124. The Hall–Kier alpha value is -3.29. The summed E-state index contributed by atoms with van der Waals surface area (Å²) in [5, 5.41) is 5.11. The number of nitrogens with zero attached hydrogens (tertiary/aromatic N) is 1. The van der Waals surface area contributed by atoms with E-state index in [1.165, 1.54) is 4.90 Å². The van der Waals surface area contributed by atoms with Crippen LogP contribution in [0.4, 0.5) is 14.5 Å². The molecule has 2 aromatic rings. The van der Waals surface area contributed by atoms with Gasteiger partial charge in [-0.3, -0.25) is 14.4 Å². The Kier molecular flexibility index (Phi) is 8.03. The van der Waals surface area contributed by atoms with Gasteiger partial charge in [-0.2, -0.15) is 0 Å². The number of nitrogens with one attached hydrogen (secondary N) is 2. The average molecular weight is 417 g/mol. The minimum absolute atomic E-state index is 0.0185. The number of anilines is 1. The molecule has 0 bridgehead atoms. The minimum atomic E-state index is -0.875. The molecule has 0 unspecified atom stereocenters. The van der Waals surface area contributed by atoms with Crippen molar-refractivity contribution >= 4 is 23.4 Å². The first kappa shape index (κ1) is 23.0. The molecule has 0 spiro atoms. The van der Waals surface area contributed by atoms with Crippen molar-refractivity contribution in [2.24, 2.45) is 5.92 Å². The highest BCUT2D eigenvalue weighted by Gasteiger charge is 2.21. The highest BCUT2D eigenvalue weighted by atomic mass is 19.1. The average Bonchev–Trinajstić information content (AvgIpc) is 2.66. The predicted molar refractivity (Wildman–Crippen MR) is 110 cm³/mol. The number of carbonyl (C=O) groups excluding carboxylic acids is 3. The number of benzene rings is 2. The largest absolute Gasteiger partial charge is 0.345 e. The minimum Gasteiger partial charge on any atom is -0.345 e. The highest BCUT2D eigenvalue weighted by Crippen LogP contribution is 2.12. The molecule has 0 radical (unpaired) electrons. The maximum absolute atomic E-state index is 13.5. The Balaban J connectivity index is 1.96. The topological polar surface area (TPSA) is 78.5 Å². The van der Waals surface area contributed by atoms with Crippen LogP contribution >= 0.6 is 0 Å². The van der Waals surface area contributed by atoms with Crippen molar-refractivity contribution < 1.29 is 23.2 Å². The predicted octanol–water partition coefficient (Wildman–Crippen LogP) is 3.13. The van der Waals surface area contributed by atoms with Crippen LogP contribution in [0.15, 0.2) is 42.5 Å². The molecule has 2 N–H and O–H groups in total. The number of carbonyl (C=O) groups is 3. The molecule has 0 aliphatic rings. The van der Waals surface area contributed by atoms with Gasteiger partial charge in [0.05, 0.1) is 13.1 Å². The molecular weight excluding hydrogens is 392 g/mol. The van der Waals surface area contributed by atoms with Crippen molar-refractivity contribution in [2.45, 2.75) is 20.8 Å². The molecule has 2 aromatic carbocycles. The molecule has 0 fully saturated rings. The fraction of sp³-hybridized carbons (Fsp3) is 0.318. The number of hydrogen-bond acceptors (Lipinski definition) is 3. The molecule has 0 heterocycles. The summed E-state index contributed by atoms with van der Waals surface area (Å²) in [7, 11) is 0. The molecule has 0 aliphatic carbocycles. The number of aryl methyl sites for hydroxylation is 1. The van der Waals surface area contributed by atoms with E-state index in [1.807, 2.05) is 32.9 Å². The van der Waals surface area contributed by atoms with Crippen LogP contribution in [0.5, 0.6) is 0 Å². The van der Waals surface area contributed by atoms with E-state index in [9.17, 15) is 23.2 Å². The van der Waals surface area contributed by atoms with Crippen LogP contribution in [-0.4, -0.2) is 42.3 Å². The van der Waals surface area contributed by atoms with Gasteiger partial charge in [0.15, 0.2) is 0 Å². The van der Waals surface area contributed by atoms with Crippen molar-refractivity contribution in [1.82, 2.24) is 10.2 Å². The van der Waals surface area contributed by atoms with Crippen molar-refractivity contribution in [2.75, 3.05) is 25.0 Å². The molecule has 0 aliphatic heterocycles. The monoisotopic (exact) mass is 417 g/mol. The van der Waals surface area contributed by atoms with Crippen LogP contribution in [0.1, 0.15) is 29.8 Å². The standard InChI is InChI=1S/C22H25F2N3O3/c1-14(2)12-27(22(30)16-8-17(23)10-18(24)9-16)13-21(29)25-11-20(28)26-19-6-4-15(3)5-7-19/h4-10,14H,11-13H2,1-3H3,(H,25,29)(H,26,28). The van der Waals surface area contributed by atoms with Crippen LogP contribution in [0.3, 0.4) is 0 Å². The SMILES string of the molecule is Cc1ccc(NC(=O)CNC(=O)CN(CC(C)C)C(=O)c2cc(F)cc(F)c2)cc1. The van der Waals surface area contributed by atoms with E-state index < -0.39 is 29.4 Å². The molecule has 8 heteroatoms. The van der Waals surface area contributed by atoms with E-state index in [2.05, 4.69) is 10.6 Å². The maximum atomic E-state index is 13.5. The van der Waals surface area contributed by atoms with Gasteiger partial charge in [-0.1, -0.05) is 31.5 Å². The van der Waals surface area contributed by atoms with Gasteiger partial charge in [0.25, 0.3) is 5.91 Å². The van der Waals surface area contributed by atoms with Gasteiger partial charge in [0.1, 0.15) is 11.6 Å². The summed E-state index contributed by atoms with van der Waals surface area (Å²) in [6.07, 6.45) is 0. The van der Waals surface area contributed by atoms with Crippen molar-refractivity contribution in [3.8, 4) is 0 Å². The Labute approximate surface area is 174 Å². The molecule has 3 amide bonds. The lowest BCUT2D eigenvalue weighted by atomic mass is 10.1. The zero-order valence-corrected chi connectivity index (χ0v) is 17.2. The molecule has 0 saturated carbocycles. The van der Waals surface area contributed by atoms with Crippen molar-refractivity contribution in [1.29, 1.82) is 0 Å². The van der Waals surface area contributed by atoms with E-state index in [0.717, 1.165) is 17.7 Å². The van der Waals surface area contributed by atoms with Crippen molar-refractivity contribution in [3.05, 3.63) is 65.2 Å². The first-order valence-electron chi connectivity index (χ1n) is 9.52. The van der Waals surface area contributed by atoms with Gasteiger partial charge >= 0.3 is 0 Å². The van der Waals surface area contributed by atoms with Gasteiger partial charge in [-0.25, -0.2) is 8.78 Å². The molecule has 2 rings (SSSR count). The lowest BCUT2D eigenvalue weighted by Crippen LogP contribution is -2.44. The van der Waals surface area contributed by atoms with Gasteiger partial charge in [0, 0.05) is 23.9 Å². The second kappa shape index (κ2) is 10.5. The van der Waals surface area contributed by atoms with Crippen LogP contribution in [0.25, 0.3) is 0 Å².